The predicted molar refractivity (Wildman–Crippen MR) is 234 cm³/mol. The summed E-state index contributed by atoms with van der Waals surface area (Å²) in [5.74, 6) is -2.33. The second-order valence-electron chi connectivity index (χ2n) is 16.9. The standard InChI is InChI=1S/C47H58N4O9S/c1-8-39(52)36(18-17-22-45(56)60-51-43(54)27-28-44(51)55)48-42(53)21-15-12-16-29-50-38-26-24-33(61(57,58)59)31-35(38)47(5,6)41(50)20-14-11-9-10-13-19-40-46(3,4)34-30-32(2)23-25-37(34)49(40)7/h9-11,13-14,19-20,23-26,30-31,36H,8,12,15-18,21-22,27-29H2,1-7H3,(H-,48,53,57,58,59)/p+1. The van der Waals surface area contributed by atoms with E-state index < -0.39 is 39.4 Å². The Bertz CT molecular complexity index is 2320. The van der Waals surface area contributed by atoms with Crippen LogP contribution in [0.2, 0.25) is 0 Å². The minimum absolute atomic E-state index is 0.00333. The second kappa shape index (κ2) is 19.5. The van der Waals surface area contributed by atoms with E-state index in [-0.39, 0.29) is 66.9 Å². The molecular formula is C47H59N4O9S+. The molecule has 2 N–H and O–H groups in total. The van der Waals surface area contributed by atoms with Gasteiger partial charge in [-0.3, -0.25) is 23.7 Å². The smallest absolute Gasteiger partial charge is 0.333 e. The fourth-order valence-corrected chi connectivity index (χ4v) is 8.81. The van der Waals surface area contributed by atoms with Gasteiger partial charge in [0.2, 0.25) is 11.6 Å². The predicted octanol–water partition coefficient (Wildman–Crippen LogP) is 7.40. The molecule has 1 atom stereocenters. The van der Waals surface area contributed by atoms with E-state index in [2.05, 4.69) is 66.9 Å². The highest BCUT2D eigenvalue weighted by molar-refractivity contribution is 7.85. The zero-order valence-corrected chi connectivity index (χ0v) is 37.1. The zero-order valence-electron chi connectivity index (χ0n) is 36.3. The van der Waals surface area contributed by atoms with Crippen LogP contribution in [0.4, 0.5) is 11.4 Å². The van der Waals surface area contributed by atoms with Crippen LogP contribution < -0.4 is 10.2 Å². The Kier molecular flexibility index (Phi) is 14.9. The first-order valence-electron chi connectivity index (χ1n) is 21.0. The quantitative estimate of drug-likeness (QED) is 0.0477. The number of carbonyl (C=O) groups excluding carboxylic acids is 5. The molecule has 0 bridgehead atoms. The molecule has 0 radical (unpaired) electrons. The number of carbonyl (C=O) groups is 5. The second-order valence-corrected chi connectivity index (χ2v) is 18.3. The van der Waals surface area contributed by atoms with Gasteiger partial charge < -0.3 is 15.1 Å². The van der Waals surface area contributed by atoms with Crippen LogP contribution in [-0.2, 0) is 49.8 Å². The molecule has 3 aliphatic heterocycles. The Morgan fingerprint density at radius 2 is 1.57 bits per heavy atom. The molecule has 1 fully saturated rings. The zero-order chi connectivity index (χ0) is 44.7. The first-order valence-corrected chi connectivity index (χ1v) is 22.4. The van der Waals surface area contributed by atoms with Crippen molar-refractivity contribution in [1.82, 2.24) is 10.4 Å². The lowest BCUT2D eigenvalue weighted by Gasteiger charge is -2.27. The molecule has 326 valence electrons. The number of unbranched alkanes of at least 4 members (excludes halogenated alkanes) is 2. The number of Topliss-reactive ketones (excluding diaryl/α,β-unsaturated/α-hetero) is 1. The lowest BCUT2D eigenvalue weighted by atomic mass is 9.81. The third-order valence-corrected chi connectivity index (χ3v) is 12.6. The molecule has 61 heavy (non-hydrogen) atoms. The molecule has 1 saturated heterocycles. The van der Waals surface area contributed by atoms with Gasteiger partial charge in [0.25, 0.3) is 21.9 Å². The first kappa shape index (κ1) is 46.6. The van der Waals surface area contributed by atoms with Gasteiger partial charge in [-0.25, -0.2) is 4.79 Å². The summed E-state index contributed by atoms with van der Waals surface area (Å²) in [7, 11) is -2.32. The topological polar surface area (TPSA) is 170 Å². The molecule has 0 saturated carbocycles. The molecule has 14 heteroatoms. The van der Waals surface area contributed by atoms with Gasteiger partial charge in [-0.05, 0) is 82.4 Å². The molecular weight excluding hydrogens is 797 g/mol. The lowest BCUT2D eigenvalue weighted by Crippen LogP contribution is -2.40. The minimum atomic E-state index is -4.42. The Balaban J connectivity index is 1.18. The number of anilines is 1. The molecule has 2 aromatic rings. The van der Waals surface area contributed by atoms with Crippen molar-refractivity contribution in [3.8, 4) is 0 Å². The van der Waals surface area contributed by atoms with Crippen molar-refractivity contribution in [1.29, 1.82) is 0 Å². The fourth-order valence-electron chi connectivity index (χ4n) is 8.31. The van der Waals surface area contributed by atoms with E-state index >= 15 is 0 Å². The lowest BCUT2D eigenvalue weighted by molar-refractivity contribution is -0.401. The highest BCUT2D eigenvalue weighted by atomic mass is 32.2. The van der Waals surface area contributed by atoms with Crippen LogP contribution in [0, 0.1) is 6.92 Å². The van der Waals surface area contributed by atoms with Gasteiger partial charge in [-0.2, -0.15) is 13.0 Å². The number of fused-ring (bicyclic) bond motifs is 2. The third kappa shape index (κ3) is 10.9. The number of nitrogens with zero attached hydrogens (tertiary/aromatic N) is 3. The van der Waals surface area contributed by atoms with Gasteiger partial charge in [-0.1, -0.05) is 69.2 Å². The van der Waals surface area contributed by atoms with Crippen LogP contribution in [0.3, 0.4) is 0 Å². The van der Waals surface area contributed by atoms with E-state index in [0.717, 1.165) is 16.9 Å². The number of ketones is 1. The Labute approximate surface area is 359 Å². The maximum Gasteiger partial charge on any atom is 0.333 e. The number of amides is 3. The maximum absolute atomic E-state index is 12.9. The normalized spacial score (nSPS) is 18.3. The summed E-state index contributed by atoms with van der Waals surface area (Å²) in [6, 6.07) is 10.4. The van der Waals surface area contributed by atoms with E-state index in [1.54, 1.807) is 13.0 Å². The van der Waals surface area contributed by atoms with Crippen molar-refractivity contribution in [3.05, 3.63) is 101 Å². The van der Waals surface area contributed by atoms with Crippen molar-refractivity contribution in [2.75, 3.05) is 18.5 Å². The molecule has 3 aliphatic rings. The highest BCUT2D eigenvalue weighted by Gasteiger charge is 2.43. The summed E-state index contributed by atoms with van der Waals surface area (Å²) in [6.07, 6.45) is 16.7. The molecule has 0 aromatic heterocycles. The maximum atomic E-state index is 12.9. The summed E-state index contributed by atoms with van der Waals surface area (Å²) in [6.45, 7) is 12.9. The Morgan fingerprint density at radius 3 is 2.26 bits per heavy atom. The number of benzene rings is 2. The van der Waals surface area contributed by atoms with Crippen LogP contribution in [0.1, 0.15) is 116 Å². The highest BCUT2D eigenvalue weighted by Crippen LogP contribution is 2.48. The van der Waals surface area contributed by atoms with Crippen molar-refractivity contribution < 1.29 is 46.4 Å². The van der Waals surface area contributed by atoms with Crippen LogP contribution >= 0.6 is 0 Å². The van der Waals surface area contributed by atoms with E-state index in [1.807, 2.05) is 50.3 Å². The summed E-state index contributed by atoms with van der Waals surface area (Å²) >= 11 is 0. The number of aryl methyl sites for hydroxylation is 1. The molecule has 3 amide bonds. The number of allylic oxidation sites excluding steroid dienone is 8. The van der Waals surface area contributed by atoms with E-state index in [4.69, 9.17) is 4.84 Å². The van der Waals surface area contributed by atoms with Crippen molar-refractivity contribution in [2.45, 2.75) is 128 Å². The van der Waals surface area contributed by atoms with Gasteiger partial charge in [-0.15, -0.1) is 5.06 Å². The largest absolute Gasteiger partial charge is 0.346 e. The van der Waals surface area contributed by atoms with Crippen LogP contribution in [0.15, 0.2) is 89.5 Å². The molecule has 0 aliphatic carbocycles. The van der Waals surface area contributed by atoms with Gasteiger partial charge in [0.15, 0.2) is 11.5 Å². The summed E-state index contributed by atoms with van der Waals surface area (Å²) < 4.78 is 36.3. The summed E-state index contributed by atoms with van der Waals surface area (Å²) in [5, 5.41) is 3.30. The molecule has 0 spiro atoms. The number of imide groups is 1. The Morgan fingerprint density at radius 1 is 0.885 bits per heavy atom. The fraction of sp³-hybridized carbons (Fsp3) is 0.447. The van der Waals surface area contributed by atoms with Crippen LogP contribution in [0.5, 0.6) is 0 Å². The van der Waals surface area contributed by atoms with Crippen molar-refractivity contribution in [3.63, 3.8) is 0 Å². The van der Waals surface area contributed by atoms with Gasteiger partial charge in [0, 0.05) is 73.2 Å². The number of nitrogens with one attached hydrogen (secondary N) is 1. The average Bonchev–Trinajstić information content (AvgIpc) is 3.70. The Hall–Kier alpha value is -5.47. The van der Waals surface area contributed by atoms with Crippen LogP contribution in [-0.4, -0.2) is 77.4 Å². The number of rotatable bonds is 19. The van der Waals surface area contributed by atoms with E-state index in [0.29, 0.717) is 30.9 Å². The van der Waals surface area contributed by atoms with Crippen molar-refractivity contribution >= 4 is 56.7 Å². The van der Waals surface area contributed by atoms with E-state index in [1.165, 1.54) is 34.7 Å². The van der Waals surface area contributed by atoms with Crippen LogP contribution in [0.25, 0.3) is 0 Å². The van der Waals surface area contributed by atoms with E-state index in [9.17, 15) is 36.9 Å². The minimum Gasteiger partial charge on any atom is -0.346 e. The first-order chi connectivity index (χ1) is 28.8. The molecule has 13 nitrogen and oxygen atoms in total. The van der Waals surface area contributed by atoms with Gasteiger partial charge in [0.1, 0.15) is 7.05 Å². The number of hydroxylamine groups is 2. The number of hydrogen-bond donors (Lipinski definition) is 2. The SMILES string of the molecule is CCC(=O)C(CCCC(=O)ON1C(=O)CCC1=O)NC(=O)CCCCCN1\C(=C/C=C/C=C/C=C/C2=[N+](C)c3ccc(C)cc3C2(C)C)C(C)(C)c2cc(S(=O)(=O)O)ccc21. The summed E-state index contributed by atoms with van der Waals surface area (Å²) in [4.78, 5) is 68.1. The molecule has 5 rings (SSSR count). The monoisotopic (exact) mass is 855 g/mol. The van der Waals surface area contributed by atoms with Gasteiger partial charge in [0.05, 0.1) is 16.4 Å². The summed E-state index contributed by atoms with van der Waals surface area (Å²) in [5.41, 5.74) is 6.81. The van der Waals surface area contributed by atoms with Gasteiger partial charge >= 0.3 is 5.97 Å². The third-order valence-electron chi connectivity index (χ3n) is 11.7. The molecule has 2 aromatic carbocycles. The number of hydrogen-bond acceptors (Lipinski definition) is 9. The molecule has 3 heterocycles. The molecule has 1 unspecified atom stereocenters. The van der Waals surface area contributed by atoms with Crippen molar-refractivity contribution in [2.24, 2.45) is 0 Å². The average molecular weight is 856 g/mol.